The summed E-state index contributed by atoms with van der Waals surface area (Å²) >= 11 is 5.99. The van der Waals surface area contributed by atoms with Crippen molar-refractivity contribution in [3.05, 3.63) is 29.4 Å². The van der Waals surface area contributed by atoms with E-state index in [4.69, 9.17) is 16.3 Å². The van der Waals surface area contributed by atoms with Crippen molar-refractivity contribution in [2.75, 3.05) is 0 Å². The second-order valence-corrected chi connectivity index (χ2v) is 5.09. The molecule has 100 valence electrons. The Labute approximate surface area is 116 Å². The molecule has 1 aliphatic rings. The van der Waals surface area contributed by atoms with E-state index < -0.39 is 0 Å². The number of halogens is 1. The lowest BCUT2D eigenvalue weighted by Gasteiger charge is -2.04. The van der Waals surface area contributed by atoms with Gasteiger partial charge in [0, 0.05) is 18.5 Å². The summed E-state index contributed by atoms with van der Waals surface area (Å²) in [4.78, 5) is 8.62. The van der Waals surface area contributed by atoms with Gasteiger partial charge in [0.2, 0.25) is 5.88 Å². The Hall–Kier alpha value is -1.62. The van der Waals surface area contributed by atoms with Crippen LogP contribution in [0.3, 0.4) is 0 Å². The Morgan fingerprint density at radius 3 is 3.00 bits per heavy atom. The number of aryl methyl sites for hydroxylation is 1. The molecule has 0 atom stereocenters. The normalized spacial score (nSPS) is 14.6. The van der Waals surface area contributed by atoms with Crippen LogP contribution in [0.4, 0.5) is 0 Å². The number of aromatic nitrogens is 4. The lowest BCUT2D eigenvalue weighted by molar-refractivity contribution is 0.457. The van der Waals surface area contributed by atoms with Gasteiger partial charge in [0.25, 0.3) is 0 Å². The Bertz CT molecular complexity index is 580. The lowest BCUT2D eigenvalue weighted by atomic mass is 10.4. The molecule has 0 saturated heterocycles. The van der Waals surface area contributed by atoms with Gasteiger partial charge < -0.3 is 4.74 Å². The molecule has 1 fully saturated rings. The monoisotopic (exact) mass is 278 g/mol. The summed E-state index contributed by atoms with van der Waals surface area (Å²) < 4.78 is 7.53. The van der Waals surface area contributed by atoms with Gasteiger partial charge in [-0.2, -0.15) is 10.1 Å². The molecule has 5 nitrogen and oxygen atoms in total. The predicted octanol–water partition coefficient (Wildman–Crippen LogP) is 3.41. The average molecular weight is 279 g/mol. The molecule has 1 aliphatic carbocycles. The van der Waals surface area contributed by atoms with E-state index in [0.29, 0.717) is 22.7 Å². The molecule has 0 amide bonds. The lowest BCUT2D eigenvalue weighted by Crippen LogP contribution is -1.97. The smallest absolute Gasteiger partial charge is 0.224 e. The van der Waals surface area contributed by atoms with Crippen molar-refractivity contribution >= 4 is 11.6 Å². The molecule has 0 aromatic carbocycles. The molecule has 3 rings (SSSR count). The minimum absolute atomic E-state index is 0.424. The van der Waals surface area contributed by atoms with Crippen LogP contribution in [-0.2, 0) is 6.54 Å². The zero-order chi connectivity index (χ0) is 13.2. The van der Waals surface area contributed by atoms with E-state index in [-0.39, 0.29) is 0 Å². The predicted molar refractivity (Wildman–Crippen MR) is 71.6 cm³/mol. The van der Waals surface area contributed by atoms with Crippen molar-refractivity contribution in [1.82, 2.24) is 19.7 Å². The van der Waals surface area contributed by atoms with Crippen LogP contribution in [0.15, 0.2) is 18.5 Å². The molecule has 2 aromatic rings. The number of ether oxygens (including phenoxy) is 1. The molecule has 0 aliphatic heterocycles. The van der Waals surface area contributed by atoms with Gasteiger partial charge in [-0.25, -0.2) is 4.98 Å². The fourth-order valence-corrected chi connectivity index (χ4v) is 2.04. The Morgan fingerprint density at radius 1 is 1.42 bits per heavy atom. The van der Waals surface area contributed by atoms with Gasteiger partial charge in [0.15, 0.2) is 5.75 Å². The molecule has 0 spiro atoms. The van der Waals surface area contributed by atoms with Crippen molar-refractivity contribution in [2.45, 2.75) is 38.6 Å². The molecule has 2 aromatic heterocycles. The van der Waals surface area contributed by atoms with E-state index in [1.807, 2.05) is 10.9 Å². The van der Waals surface area contributed by atoms with E-state index in [1.54, 1.807) is 12.3 Å². The third kappa shape index (κ3) is 3.04. The highest BCUT2D eigenvalue weighted by Gasteiger charge is 2.27. The fraction of sp³-hybridized carbons (Fsp3) is 0.462. The highest BCUT2D eigenvalue weighted by atomic mass is 35.5. The molecule has 0 unspecified atom stereocenters. The van der Waals surface area contributed by atoms with Gasteiger partial charge in [-0.1, -0.05) is 18.5 Å². The number of rotatable bonds is 5. The van der Waals surface area contributed by atoms with Crippen molar-refractivity contribution in [2.24, 2.45) is 0 Å². The van der Waals surface area contributed by atoms with Crippen LogP contribution < -0.4 is 4.74 Å². The highest BCUT2D eigenvalue weighted by Crippen LogP contribution is 2.39. The molecule has 1 saturated carbocycles. The maximum Gasteiger partial charge on any atom is 0.224 e. The summed E-state index contributed by atoms with van der Waals surface area (Å²) in [6, 6.07) is 1.63. The molecule has 0 N–H and O–H groups in total. The second kappa shape index (κ2) is 5.17. The van der Waals surface area contributed by atoms with E-state index in [9.17, 15) is 0 Å². The molecule has 6 heteroatoms. The minimum atomic E-state index is 0.424. The summed E-state index contributed by atoms with van der Waals surface area (Å²) in [5.74, 6) is 2.38. The van der Waals surface area contributed by atoms with Crippen LogP contribution in [0.2, 0.25) is 5.15 Å². The van der Waals surface area contributed by atoms with Crippen LogP contribution in [0.25, 0.3) is 0 Å². The summed E-state index contributed by atoms with van der Waals surface area (Å²) in [7, 11) is 0. The SMILES string of the molecule is CCCn1cc(Oc2cc(Cl)nc(C3CC3)n2)cn1. The topological polar surface area (TPSA) is 52.8 Å². The highest BCUT2D eigenvalue weighted by molar-refractivity contribution is 6.29. The van der Waals surface area contributed by atoms with Gasteiger partial charge in [-0.05, 0) is 19.3 Å². The van der Waals surface area contributed by atoms with Crippen LogP contribution in [0.1, 0.15) is 37.9 Å². The number of hydrogen-bond acceptors (Lipinski definition) is 4. The first-order valence-electron chi connectivity index (χ1n) is 6.49. The first-order chi connectivity index (χ1) is 9.24. The van der Waals surface area contributed by atoms with Gasteiger partial charge in [0.05, 0.1) is 12.4 Å². The van der Waals surface area contributed by atoms with Crippen LogP contribution in [0, 0.1) is 0 Å². The zero-order valence-electron chi connectivity index (χ0n) is 10.7. The number of nitrogens with zero attached hydrogens (tertiary/aromatic N) is 4. The van der Waals surface area contributed by atoms with E-state index in [0.717, 1.165) is 31.6 Å². The third-order valence-electron chi connectivity index (χ3n) is 2.92. The molecular formula is C13H15ClN4O. The molecular weight excluding hydrogens is 264 g/mol. The van der Waals surface area contributed by atoms with Crippen molar-refractivity contribution < 1.29 is 4.74 Å². The van der Waals surface area contributed by atoms with Gasteiger partial charge >= 0.3 is 0 Å². The van der Waals surface area contributed by atoms with Crippen LogP contribution in [0.5, 0.6) is 11.6 Å². The van der Waals surface area contributed by atoms with Crippen LogP contribution in [-0.4, -0.2) is 19.7 Å². The summed E-state index contributed by atoms with van der Waals surface area (Å²) in [6.07, 6.45) is 6.84. The van der Waals surface area contributed by atoms with Crippen molar-refractivity contribution in [1.29, 1.82) is 0 Å². The standard InChI is InChI=1S/C13H15ClN4O/c1-2-5-18-8-10(7-15-18)19-12-6-11(14)16-13(17-12)9-3-4-9/h6-9H,2-5H2,1H3. The largest absolute Gasteiger partial charge is 0.436 e. The Kier molecular flexibility index (Phi) is 3.38. The molecule has 0 bridgehead atoms. The average Bonchev–Trinajstić information content (AvgIpc) is 3.13. The van der Waals surface area contributed by atoms with Gasteiger partial charge in [0.1, 0.15) is 11.0 Å². The maximum atomic E-state index is 5.99. The molecule has 0 radical (unpaired) electrons. The maximum absolute atomic E-state index is 5.99. The molecule has 2 heterocycles. The van der Waals surface area contributed by atoms with Gasteiger partial charge in [-0.15, -0.1) is 0 Å². The third-order valence-corrected chi connectivity index (χ3v) is 3.11. The van der Waals surface area contributed by atoms with Crippen molar-refractivity contribution in [3.8, 4) is 11.6 Å². The fourth-order valence-electron chi connectivity index (χ4n) is 1.86. The zero-order valence-corrected chi connectivity index (χ0v) is 11.5. The summed E-state index contributed by atoms with van der Waals surface area (Å²) in [5, 5.41) is 4.63. The Morgan fingerprint density at radius 2 is 2.26 bits per heavy atom. The van der Waals surface area contributed by atoms with Gasteiger partial charge in [-0.3, -0.25) is 4.68 Å². The first-order valence-corrected chi connectivity index (χ1v) is 6.87. The number of hydrogen-bond donors (Lipinski definition) is 0. The van der Waals surface area contributed by atoms with E-state index in [2.05, 4.69) is 22.0 Å². The first kappa shape index (κ1) is 12.4. The summed E-state index contributed by atoms with van der Waals surface area (Å²) in [5.41, 5.74) is 0. The quantitative estimate of drug-likeness (QED) is 0.787. The van der Waals surface area contributed by atoms with E-state index in [1.165, 1.54) is 0 Å². The molecule has 19 heavy (non-hydrogen) atoms. The summed E-state index contributed by atoms with van der Waals surface area (Å²) in [6.45, 7) is 2.98. The minimum Gasteiger partial charge on any atom is -0.436 e. The van der Waals surface area contributed by atoms with Crippen LogP contribution >= 0.6 is 11.6 Å². The second-order valence-electron chi connectivity index (χ2n) is 4.70. The Balaban J connectivity index is 1.77. The van der Waals surface area contributed by atoms with Crippen molar-refractivity contribution in [3.63, 3.8) is 0 Å². The van der Waals surface area contributed by atoms with E-state index >= 15 is 0 Å².